The molecule has 0 aliphatic heterocycles. The second kappa shape index (κ2) is 6.24. The van der Waals surface area contributed by atoms with E-state index in [4.69, 9.17) is 4.74 Å². The Kier molecular flexibility index (Phi) is 4.17. The normalized spacial score (nSPS) is 10.7. The molecule has 0 atom stereocenters. The van der Waals surface area contributed by atoms with E-state index in [1.807, 2.05) is 41.9 Å². The summed E-state index contributed by atoms with van der Waals surface area (Å²) in [5.74, 6) is 0.780. The van der Waals surface area contributed by atoms with Crippen LogP contribution in [0.15, 0.2) is 35.0 Å². The van der Waals surface area contributed by atoms with E-state index in [2.05, 4.69) is 10.3 Å². The van der Waals surface area contributed by atoms with E-state index in [0.29, 0.717) is 18.2 Å². The van der Waals surface area contributed by atoms with Gasteiger partial charge < -0.3 is 10.1 Å². The van der Waals surface area contributed by atoms with Crippen LogP contribution < -0.4 is 10.1 Å². The lowest BCUT2D eigenvalue weighted by atomic mass is 10.2. The zero-order valence-electron chi connectivity index (χ0n) is 11.5. The van der Waals surface area contributed by atoms with Crippen LogP contribution in [0, 0.1) is 0 Å². The number of anilines is 1. The maximum absolute atomic E-state index is 12.0. The number of benzene rings is 1. The van der Waals surface area contributed by atoms with Crippen molar-refractivity contribution in [2.75, 3.05) is 11.9 Å². The molecule has 0 bridgehead atoms. The number of ether oxygens (including phenoxy) is 1. The highest BCUT2D eigenvalue weighted by Gasteiger charge is 2.09. The minimum Gasteiger partial charge on any atom is -0.494 e. The van der Waals surface area contributed by atoms with Gasteiger partial charge in [-0.25, -0.2) is 4.98 Å². The van der Waals surface area contributed by atoms with E-state index < -0.39 is 0 Å². The van der Waals surface area contributed by atoms with Gasteiger partial charge in [0.25, 0.3) is 0 Å². The predicted octanol–water partition coefficient (Wildman–Crippen LogP) is 3.94. The van der Waals surface area contributed by atoms with Crippen LogP contribution >= 0.6 is 22.7 Å². The Hall–Kier alpha value is -1.92. The van der Waals surface area contributed by atoms with Crippen LogP contribution in [0.5, 0.6) is 5.75 Å². The van der Waals surface area contributed by atoms with Crippen LogP contribution in [-0.2, 0) is 11.2 Å². The molecule has 4 nitrogen and oxygen atoms in total. The first-order valence-corrected chi connectivity index (χ1v) is 8.35. The first-order valence-electron chi connectivity index (χ1n) is 6.59. The van der Waals surface area contributed by atoms with Gasteiger partial charge in [-0.2, -0.15) is 11.3 Å². The first kappa shape index (κ1) is 14.0. The Morgan fingerprint density at radius 2 is 2.29 bits per heavy atom. The van der Waals surface area contributed by atoms with Crippen molar-refractivity contribution in [2.45, 2.75) is 13.3 Å². The van der Waals surface area contributed by atoms with Gasteiger partial charge in [-0.05, 0) is 47.5 Å². The maximum Gasteiger partial charge on any atom is 0.230 e. The Bertz CT molecular complexity index is 750. The molecule has 0 saturated carbocycles. The summed E-state index contributed by atoms with van der Waals surface area (Å²) in [7, 11) is 0. The number of amides is 1. The Morgan fingerprint density at radius 3 is 3.05 bits per heavy atom. The molecule has 1 aromatic carbocycles. The van der Waals surface area contributed by atoms with Crippen LogP contribution in [0.4, 0.5) is 5.13 Å². The molecule has 0 aliphatic carbocycles. The number of fused-ring (bicyclic) bond motifs is 1. The molecular formula is C15H14N2O2S2. The Balaban J connectivity index is 1.73. The molecule has 3 rings (SSSR count). The highest BCUT2D eigenvalue weighted by Crippen LogP contribution is 2.29. The van der Waals surface area contributed by atoms with Crippen LogP contribution in [0.2, 0.25) is 0 Å². The summed E-state index contributed by atoms with van der Waals surface area (Å²) in [6.45, 7) is 2.58. The van der Waals surface area contributed by atoms with Gasteiger partial charge in [0.2, 0.25) is 5.91 Å². The molecule has 0 spiro atoms. The van der Waals surface area contributed by atoms with E-state index >= 15 is 0 Å². The molecule has 0 radical (unpaired) electrons. The summed E-state index contributed by atoms with van der Waals surface area (Å²) in [5, 5.41) is 7.42. The van der Waals surface area contributed by atoms with E-state index in [1.165, 1.54) is 11.3 Å². The summed E-state index contributed by atoms with van der Waals surface area (Å²) in [6, 6.07) is 7.70. The summed E-state index contributed by atoms with van der Waals surface area (Å²) in [6.07, 6.45) is 0.379. The number of hydrogen-bond acceptors (Lipinski definition) is 5. The lowest BCUT2D eigenvalue weighted by molar-refractivity contribution is -0.115. The monoisotopic (exact) mass is 318 g/mol. The molecule has 21 heavy (non-hydrogen) atoms. The average Bonchev–Trinajstić information content (AvgIpc) is 3.07. The van der Waals surface area contributed by atoms with Crippen LogP contribution in [-0.4, -0.2) is 17.5 Å². The van der Waals surface area contributed by atoms with E-state index in [0.717, 1.165) is 21.5 Å². The third-order valence-corrected chi connectivity index (χ3v) is 4.53. The summed E-state index contributed by atoms with van der Waals surface area (Å²) in [5.41, 5.74) is 1.89. The molecule has 3 aromatic rings. The molecule has 1 amide bonds. The standard InChI is InChI=1S/C15H14N2O2S2/c1-2-19-11-3-4-12-13(8-11)21-15(16-12)17-14(18)7-10-5-6-20-9-10/h3-6,8-9H,2,7H2,1H3,(H,16,17,18). The summed E-state index contributed by atoms with van der Waals surface area (Å²) in [4.78, 5) is 16.4. The first-order chi connectivity index (χ1) is 10.2. The van der Waals surface area contributed by atoms with Crippen molar-refractivity contribution in [3.63, 3.8) is 0 Å². The fourth-order valence-corrected chi connectivity index (χ4v) is 3.54. The van der Waals surface area contributed by atoms with Crippen LogP contribution in [0.25, 0.3) is 10.2 Å². The molecule has 0 saturated heterocycles. The van der Waals surface area contributed by atoms with Gasteiger partial charge in [0.05, 0.1) is 23.2 Å². The Labute approximate surface area is 130 Å². The topological polar surface area (TPSA) is 51.2 Å². The van der Waals surface area contributed by atoms with Gasteiger partial charge in [-0.15, -0.1) is 0 Å². The fourth-order valence-electron chi connectivity index (χ4n) is 1.96. The number of carbonyl (C=O) groups excluding carboxylic acids is 1. The Morgan fingerprint density at radius 1 is 1.38 bits per heavy atom. The molecule has 6 heteroatoms. The van der Waals surface area contributed by atoms with Crippen molar-refractivity contribution < 1.29 is 9.53 Å². The van der Waals surface area contributed by atoms with E-state index in [1.54, 1.807) is 11.3 Å². The number of aromatic nitrogens is 1. The third kappa shape index (κ3) is 3.40. The van der Waals surface area contributed by atoms with Crippen molar-refractivity contribution in [2.24, 2.45) is 0 Å². The summed E-state index contributed by atoms with van der Waals surface area (Å²) >= 11 is 3.05. The lowest BCUT2D eigenvalue weighted by Crippen LogP contribution is -2.13. The number of thiazole rings is 1. The van der Waals surface area contributed by atoms with Crippen molar-refractivity contribution in [3.8, 4) is 5.75 Å². The van der Waals surface area contributed by atoms with E-state index in [-0.39, 0.29) is 5.91 Å². The second-order valence-electron chi connectivity index (χ2n) is 4.44. The predicted molar refractivity (Wildman–Crippen MR) is 87.4 cm³/mol. The van der Waals surface area contributed by atoms with Crippen molar-refractivity contribution in [1.29, 1.82) is 0 Å². The SMILES string of the molecule is CCOc1ccc2nc(NC(=O)Cc3ccsc3)sc2c1. The summed E-state index contributed by atoms with van der Waals surface area (Å²) < 4.78 is 6.47. The zero-order chi connectivity index (χ0) is 14.7. The average molecular weight is 318 g/mol. The quantitative estimate of drug-likeness (QED) is 0.775. The number of carbonyl (C=O) groups is 1. The maximum atomic E-state index is 12.0. The van der Waals surface area contributed by atoms with Gasteiger partial charge in [0, 0.05) is 0 Å². The lowest BCUT2D eigenvalue weighted by Gasteiger charge is -2.00. The van der Waals surface area contributed by atoms with Gasteiger partial charge >= 0.3 is 0 Å². The fraction of sp³-hybridized carbons (Fsp3) is 0.200. The van der Waals surface area contributed by atoms with Gasteiger partial charge in [-0.1, -0.05) is 11.3 Å². The number of rotatable bonds is 5. The minimum atomic E-state index is -0.0440. The molecule has 108 valence electrons. The molecular weight excluding hydrogens is 304 g/mol. The zero-order valence-corrected chi connectivity index (χ0v) is 13.1. The largest absolute Gasteiger partial charge is 0.494 e. The van der Waals surface area contributed by atoms with Gasteiger partial charge in [0.1, 0.15) is 5.75 Å². The highest BCUT2D eigenvalue weighted by atomic mass is 32.1. The second-order valence-corrected chi connectivity index (χ2v) is 6.25. The molecule has 2 heterocycles. The number of nitrogens with one attached hydrogen (secondary N) is 1. The number of thiophene rings is 1. The van der Waals surface area contributed by atoms with Crippen molar-refractivity contribution >= 4 is 43.9 Å². The minimum absolute atomic E-state index is 0.0440. The van der Waals surface area contributed by atoms with Crippen molar-refractivity contribution in [3.05, 3.63) is 40.6 Å². The highest BCUT2D eigenvalue weighted by molar-refractivity contribution is 7.22. The van der Waals surface area contributed by atoms with Crippen LogP contribution in [0.3, 0.4) is 0 Å². The molecule has 1 N–H and O–H groups in total. The van der Waals surface area contributed by atoms with Gasteiger partial charge in [-0.3, -0.25) is 4.79 Å². The number of hydrogen-bond donors (Lipinski definition) is 1. The van der Waals surface area contributed by atoms with E-state index in [9.17, 15) is 4.79 Å². The molecule has 0 unspecified atom stereocenters. The third-order valence-electron chi connectivity index (χ3n) is 2.86. The molecule has 0 fully saturated rings. The van der Waals surface area contributed by atoms with Crippen LogP contribution in [0.1, 0.15) is 12.5 Å². The van der Waals surface area contributed by atoms with Gasteiger partial charge in [0.15, 0.2) is 5.13 Å². The number of nitrogens with zero attached hydrogens (tertiary/aromatic N) is 1. The van der Waals surface area contributed by atoms with Crippen molar-refractivity contribution in [1.82, 2.24) is 4.98 Å². The smallest absolute Gasteiger partial charge is 0.230 e. The molecule has 0 aliphatic rings. The molecule has 2 aromatic heterocycles.